The molecule has 0 fully saturated rings. The van der Waals surface area contributed by atoms with Crippen LogP contribution in [0.2, 0.25) is 0 Å². The van der Waals surface area contributed by atoms with Gasteiger partial charge in [0.25, 0.3) is 0 Å². The lowest BCUT2D eigenvalue weighted by atomic mass is 10.0. The van der Waals surface area contributed by atoms with Crippen molar-refractivity contribution in [3.8, 4) is 0 Å². The van der Waals surface area contributed by atoms with Gasteiger partial charge in [-0.1, -0.05) is 85.0 Å². The zero-order valence-electron chi connectivity index (χ0n) is 20.3. The highest BCUT2D eigenvalue weighted by Gasteiger charge is 2.26. The van der Waals surface area contributed by atoms with Gasteiger partial charge in [-0.3, -0.25) is 14.4 Å². The Balaban J connectivity index is 4.88. The van der Waals surface area contributed by atoms with Gasteiger partial charge in [0.05, 0.1) is 0 Å². The number of amides is 3. The van der Waals surface area contributed by atoms with Gasteiger partial charge in [-0.05, 0) is 19.3 Å². The predicted octanol–water partition coefficient (Wildman–Crippen LogP) is 3.55. The van der Waals surface area contributed by atoms with Crippen LogP contribution in [0.3, 0.4) is 0 Å². The highest BCUT2D eigenvalue weighted by molar-refractivity contribution is 5.92. The molecule has 0 aromatic carbocycles. The van der Waals surface area contributed by atoms with Crippen molar-refractivity contribution < 1.29 is 14.4 Å². The zero-order chi connectivity index (χ0) is 23.3. The zero-order valence-corrected chi connectivity index (χ0v) is 20.3. The number of nitrogens with one attached hydrogen (secondary N) is 3. The Morgan fingerprint density at radius 2 is 1.23 bits per heavy atom. The molecule has 5 N–H and O–H groups in total. The maximum absolute atomic E-state index is 13.0. The summed E-state index contributed by atoms with van der Waals surface area (Å²) in [6.45, 7) is 7.09. The Labute approximate surface area is 190 Å². The third-order valence-corrected chi connectivity index (χ3v) is 5.43. The second kappa shape index (κ2) is 20.3. The van der Waals surface area contributed by atoms with Gasteiger partial charge in [0.2, 0.25) is 17.7 Å². The number of unbranched alkanes of at least 4 members (excludes halogenated alkanes) is 8. The smallest absolute Gasteiger partial charge is 0.243 e. The van der Waals surface area contributed by atoms with E-state index in [1.54, 1.807) is 0 Å². The van der Waals surface area contributed by atoms with Crippen molar-refractivity contribution in [2.24, 2.45) is 5.73 Å². The standard InChI is InChI=1S/C24H48N4O3/c1-4-7-10-12-14-17-22(29)27-21(16-13-11-8-5-2)24(31)28-20(15-9-6-3)23(30)26-19-18-25/h20-21H,4-19,25H2,1-3H3,(H,26,30)(H,27,29)(H,28,31). The molecular weight excluding hydrogens is 392 g/mol. The molecule has 182 valence electrons. The summed E-state index contributed by atoms with van der Waals surface area (Å²) in [5.41, 5.74) is 5.48. The first-order chi connectivity index (χ1) is 15.0. The molecule has 0 radical (unpaired) electrons. The van der Waals surface area contributed by atoms with Crippen molar-refractivity contribution in [1.29, 1.82) is 0 Å². The van der Waals surface area contributed by atoms with E-state index in [2.05, 4.69) is 29.8 Å². The Hall–Kier alpha value is -1.63. The van der Waals surface area contributed by atoms with Gasteiger partial charge in [-0.15, -0.1) is 0 Å². The highest BCUT2D eigenvalue weighted by Crippen LogP contribution is 2.09. The van der Waals surface area contributed by atoms with E-state index in [0.717, 1.165) is 57.8 Å². The minimum absolute atomic E-state index is 0.0789. The van der Waals surface area contributed by atoms with E-state index in [4.69, 9.17) is 5.73 Å². The van der Waals surface area contributed by atoms with Gasteiger partial charge >= 0.3 is 0 Å². The molecule has 2 unspecified atom stereocenters. The maximum atomic E-state index is 13.0. The van der Waals surface area contributed by atoms with Crippen molar-refractivity contribution in [1.82, 2.24) is 16.0 Å². The monoisotopic (exact) mass is 440 g/mol. The van der Waals surface area contributed by atoms with Crippen LogP contribution in [0.5, 0.6) is 0 Å². The summed E-state index contributed by atoms with van der Waals surface area (Å²) < 4.78 is 0. The molecule has 0 aliphatic heterocycles. The van der Waals surface area contributed by atoms with E-state index in [0.29, 0.717) is 32.4 Å². The van der Waals surface area contributed by atoms with Gasteiger partial charge in [0, 0.05) is 19.5 Å². The first-order valence-corrected chi connectivity index (χ1v) is 12.6. The lowest BCUT2D eigenvalue weighted by Gasteiger charge is -2.23. The molecule has 0 saturated carbocycles. The molecule has 0 rings (SSSR count). The van der Waals surface area contributed by atoms with Crippen molar-refractivity contribution in [2.45, 2.75) is 123 Å². The number of hydrogen-bond donors (Lipinski definition) is 4. The average molecular weight is 441 g/mol. The lowest BCUT2D eigenvalue weighted by Crippen LogP contribution is -2.54. The number of carbonyl (C=O) groups is 3. The topological polar surface area (TPSA) is 113 Å². The molecule has 0 aliphatic carbocycles. The predicted molar refractivity (Wildman–Crippen MR) is 128 cm³/mol. The van der Waals surface area contributed by atoms with Crippen LogP contribution >= 0.6 is 0 Å². The fraction of sp³-hybridized carbons (Fsp3) is 0.875. The summed E-state index contributed by atoms with van der Waals surface area (Å²) in [6.07, 6.45) is 12.9. The third kappa shape index (κ3) is 15.8. The molecule has 0 heterocycles. The van der Waals surface area contributed by atoms with Crippen LogP contribution in [-0.2, 0) is 14.4 Å². The molecular formula is C24H48N4O3. The number of rotatable bonds is 20. The first kappa shape index (κ1) is 29.4. The van der Waals surface area contributed by atoms with Crippen LogP contribution in [-0.4, -0.2) is 42.9 Å². The quantitative estimate of drug-likeness (QED) is 0.217. The van der Waals surface area contributed by atoms with Crippen LogP contribution in [0.1, 0.15) is 111 Å². The Morgan fingerprint density at radius 1 is 0.677 bits per heavy atom. The van der Waals surface area contributed by atoms with Gasteiger partial charge in [-0.25, -0.2) is 0 Å². The Morgan fingerprint density at radius 3 is 1.84 bits per heavy atom. The molecule has 0 bridgehead atoms. The second-order valence-corrected chi connectivity index (χ2v) is 8.42. The van der Waals surface area contributed by atoms with Crippen LogP contribution in [0, 0.1) is 0 Å². The van der Waals surface area contributed by atoms with Crippen LogP contribution in [0.4, 0.5) is 0 Å². The van der Waals surface area contributed by atoms with Crippen molar-refractivity contribution in [2.75, 3.05) is 13.1 Å². The number of carbonyl (C=O) groups excluding carboxylic acids is 3. The summed E-state index contributed by atoms with van der Waals surface area (Å²) in [6, 6.07) is -1.19. The molecule has 7 nitrogen and oxygen atoms in total. The minimum Gasteiger partial charge on any atom is -0.353 e. The third-order valence-electron chi connectivity index (χ3n) is 5.43. The van der Waals surface area contributed by atoms with E-state index in [-0.39, 0.29) is 17.7 Å². The molecule has 2 atom stereocenters. The van der Waals surface area contributed by atoms with Crippen LogP contribution in [0.25, 0.3) is 0 Å². The largest absolute Gasteiger partial charge is 0.353 e. The second-order valence-electron chi connectivity index (χ2n) is 8.42. The summed E-state index contributed by atoms with van der Waals surface area (Å²) in [7, 11) is 0. The van der Waals surface area contributed by atoms with Gasteiger partial charge < -0.3 is 21.7 Å². The fourth-order valence-corrected chi connectivity index (χ4v) is 3.47. The van der Waals surface area contributed by atoms with Gasteiger partial charge in [0.15, 0.2) is 0 Å². The van der Waals surface area contributed by atoms with Gasteiger partial charge in [0.1, 0.15) is 12.1 Å². The first-order valence-electron chi connectivity index (χ1n) is 12.6. The summed E-state index contributed by atoms with van der Waals surface area (Å²) in [5.74, 6) is -0.552. The molecule has 7 heteroatoms. The average Bonchev–Trinajstić information content (AvgIpc) is 2.76. The molecule has 0 saturated heterocycles. The molecule has 3 amide bonds. The molecule has 31 heavy (non-hydrogen) atoms. The Bertz CT molecular complexity index is 485. The van der Waals surface area contributed by atoms with Crippen LogP contribution in [0.15, 0.2) is 0 Å². The van der Waals surface area contributed by atoms with E-state index in [9.17, 15) is 14.4 Å². The van der Waals surface area contributed by atoms with E-state index < -0.39 is 12.1 Å². The van der Waals surface area contributed by atoms with Crippen LogP contribution < -0.4 is 21.7 Å². The normalized spacial score (nSPS) is 12.8. The van der Waals surface area contributed by atoms with E-state index in [1.165, 1.54) is 12.8 Å². The van der Waals surface area contributed by atoms with Crippen molar-refractivity contribution >= 4 is 17.7 Å². The summed E-state index contributed by atoms with van der Waals surface area (Å²) in [5, 5.41) is 8.57. The van der Waals surface area contributed by atoms with E-state index in [1.807, 2.05) is 6.92 Å². The molecule has 0 aliphatic rings. The Kier molecular flexibility index (Phi) is 19.2. The highest BCUT2D eigenvalue weighted by atomic mass is 16.2. The SMILES string of the molecule is CCCCCCCC(=O)NC(CCCCCC)C(=O)NC(CCCC)C(=O)NCCN. The fourth-order valence-electron chi connectivity index (χ4n) is 3.47. The van der Waals surface area contributed by atoms with E-state index >= 15 is 0 Å². The minimum atomic E-state index is -0.594. The summed E-state index contributed by atoms with van der Waals surface area (Å²) >= 11 is 0. The van der Waals surface area contributed by atoms with Crippen molar-refractivity contribution in [3.05, 3.63) is 0 Å². The molecule has 0 spiro atoms. The maximum Gasteiger partial charge on any atom is 0.243 e. The lowest BCUT2D eigenvalue weighted by molar-refractivity contribution is -0.132. The summed E-state index contributed by atoms with van der Waals surface area (Å²) in [4.78, 5) is 37.9. The molecule has 0 aromatic heterocycles. The van der Waals surface area contributed by atoms with Crippen molar-refractivity contribution in [3.63, 3.8) is 0 Å². The molecule has 0 aromatic rings. The van der Waals surface area contributed by atoms with Gasteiger partial charge in [-0.2, -0.15) is 0 Å². The number of nitrogens with two attached hydrogens (primary N) is 1. The number of hydrogen-bond acceptors (Lipinski definition) is 4.